The Balaban J connectivity index is 1.38. The maximum absolute atomic E-state index is 11.7. The molecule has 0 spiro atoms. The Kier molecular flexibility index (Phi) is 6.85. The van der Waals surface area contributed by atoms with E-state index in [-0.39, 0.29) is 6.09 Å². The van der Waals surface area contributed by atoms with Crippen molar-refractivity contribution in [3.8, 4) is 5.75 Å². The number of carbonyl (C=O) groups excluding carboxylic acids is 1. The molecule has 1 saturated heterocycles. The van der Waals surface area contributed by atoms with Gasteiger partial charge in [-0.3, -0.25) is 0 Å². The maximum atomic E-state index is 11.7. The van der Waals surface area contributed by atoms with E-state index in [1.54, 1.807) is 16.2 Å². The minimum Gasteiger partial charge on any atom is -0.487 e. The molecule has 3 rings (SSSR count). The van der Waals surface area contributed by atoms with Gasteiger partial charge in [0.2, 0.25) is 0 Å². The van der Waals surface area contributed by atoms with Crippen molar-refractivity contribution in [3.63, 3.8) is 0 Å². The fourth-order valence-corrected chi connectivity index (χ4v) is 3.46. The monoisotopic (exact) mass is 375 g/mol. The summed E-state index contributed by atoms with van der Waals surface area (Å²) >= 11 is 1.57. The van der Waals surface area contributed by atoms with Gasteiger partial charge in [-0.05, 0) is 37.5 Å². The summed E-state index contributed by atoms with van der Waals surface area (Å²) in [6.45, 7) is 5.08. The molecule has 1 aliphatic heterocycles. The van der Waals surface area contributed by atoms with Gasteiger partial charge in [-0.15, -0.1) is 11.3 Å². The fourth-order valence-electron chi connectivity index (χ4n) is 2.91. The Hall–Kier alpha value is -2.12. The molecule has 0 aliphatic carbocycles. The summed E-state index contributed by atoms with van der Waals surface area (Å²) in [7, 11) is 0. The van der Waals surface area contributed by atoms with Crippen molar-refractivity contribution in [1.29, 1.82) is 0 Å². The molecule has 140 valence electrons. The van der Waals surface area contributed by atoms with Crippen LogP contribution >= 0.6 is 11.3 Å². The number of likely N-dealkylation sites (tertiary alicyclic amines) is 1. The lowest BCUT2D eigenvalue weighted by Gasteiger charge is -2.31. The molecule has 1 aliphatic rings. The number of piperidine rings is 1. The van der Waals surface area contributed by atoms with Gasteiger partial charge in [0.15, 0.2) is 0 Å². The van der Waals surface area contributed by atoms with Crippen molar-refractivity contribution in [2.45, 2.75) is 39.0 Å². The molecular weight excluding hydrogens is 350 g/mol. The topological polar surface area (TPSA) is 63.7 Å². The first kappa shape index (κ1) is 18.7. The summed E-state index contributed by atoms with van der Waals surface area (Å²) in [5, 5.41) is 5.57. The number of nitrogens with one attached hydrogen (secondary N) is 1. The molecule has 6 nitrogen and oxygen atoms in total. The van der Waals surface area contributed by atoms with Gasteiger partial charge in [-0.2, -0.15) is 0 Å². The molecule has 0 unspecified atom stereocenters. The van der Waals surface area contributed by atoms with Crippen molar-refractivity contribution in [2.24, 2.45) is 0 Å². The number of ether oxygens (including phenoxy) is 2. The summed E-state index contributed by atoms with van der Waals surface area (Å²) < 4.78 is 10.8. The fraction of sp³-hybridized carbons (Fsp3) is 0.474. The maximum Gasteiger partial charge on any atom is 0.409 e. The van der Waals surface area contributed by atoms with Crippen LogP contribution in [0.25, 0.3) is 0 Å². The molecule has 0 bridgehead atoms. The number of rotatable bonds is 7. The number of thiazole rings is 1. The molecule has 0 atom stereocenters. The summed E-state index contributed by atoms with van der Waals surface area (Å²) in [5.41, 5.74) is 3.98. The van der Waals surface area contributed by atoms with Crippen LogP contribution in [0.15, 0.2) is 35.2 Å². The van der Waals surface area contributed by atoms with Gasteiger partial charge in [-0.25, -0.2) is 9.78 Å². The zero-order chi connectivity index (χ0) is 18.2. The Morgan fingerprint density at radius 1 is 1.31 bits per heavy atom. The Morgan fingerprint density at radius 2 is 2.08 bits per heavy atom. The van der Waals surface area contributed by atoms with Crippen LogP contribution in [-0.4, -0.2) is 41.7 Å². The second-order valence-corrected chi connectivity index (χ2v) is 6.97. The van der Waals surface area contributed by atoms with Gasteiger partial charge < -0.3 is 19.7 Å². The van der Waals surface area contributed by atoms with E-state index in [0.717, 1.165) is 43.9 Å². The van der Waals surface area contributed by atoms with Gasteiger partial charge in [0.1, 0.15) is 12.4 Å². The molecule has 1 amide bonds. The second kappa shape index (κ2) is 9.54. The van der Waals surface area contributed by atoms with Gasteiger partial charge in [0.05, 0.1) is 17.8 Å². The van der Waals surface area contributed by atoms with Crippen molar-refractivity contribution in [1.82, 2.24) is 15.2 Å². The third-order valence-corrected chi connectivity index (χ3v) is 5.04. The molecule has 1 N–H and O–H groups in total. The number of aromatic nitrogens is 1. The normalized spacial score (nSPS) is 15.0. The minimum atomic E-state index is -0.195. The molecule has 1 aromatic carbocycles. The molecule has 7 heteroatoms. The highest BCUT2D eigenvalue weighted by atomic mass is 32.1. The number of hydrogen-bond acceptors (Lipinski definition) is 6. The Morgan fingerprint density at radius 3 is 2.73 bits per heavy atom. The number of amides is 1. The molecule has 2 heterocycles. The van der Waals surface area contributed by atoms with E-state index in [2.05, 4.69) is 22.4 Å². The molecule has 26 heavy (non-hydrogen) atoms. The van der Waals surface area contributed by atoms with Gasteiger partial charge in [0.25, 0.3) is 0 Å². The average Bonchev–Trinajstić information content (AvgIpc) is 3.20. The molecule has 1 fully saturated rings. The lowest BCUT2D eigenvalue weighted by molar-refractivity contribution is 0.0950. The Labute approximate surface area is 158 Å². The molecule has 1 aromatic heterocycles. The van der Waals surface area contributed by atoms with E-state index in [9.17, 15) is 4.79 Å². The van der Waals surface area contributed by atoms with E-state index in [4.69, 9.17) is 9.47 Å². The van der Waals surface area contributed by atoms with E-state index >= 15 is 0 Å². The lowest BCUT2D eigenvalue weighted by Crippen LogP contribution is -2.44. The van der Waals surface area contributed by atoms with Crippen LogP contribution in [-0.2, 0) is 17.9 Å². The van der Waals surface area contributed by atoms with E-state index in [1.807, 2.05) is 29.9 Å². The highest BCUT2D eigenvalue weighted by Crippen LogP contribution is 2.16. The largest absolute Gasteiger partial charge is 0.487 e. The Bertz CT molecular complexity index is 668. The predicted molar refractivity (Wildman–Crippen MR) is 101 cm³/mol. The van der Waals surface area contributed by atoms with E-state index in [1.165, 1.54) is 5.56 Å². The summed E-state index contributed by atoms with van der Waals surface area (Å²) in [6.07, 6.45) is 1.71. The highest BCUT2D eigenvalue weighted by molar-refractivity contribution is 7.07. The number of benzene rings is 1. The van der Waals surface area contributed by atoms with Gasteiger partial charge >= 0.3 is 6.09 Å². The predicted octanol–water partition coefficient (Wildman–Crippen LogP) is 3.43. The van der Waals surface area contributed by atoms with Gasteiger partial charge in [0, 0.05) is 31.1 Å². The zero-order valence-corrected chi connectivity index (χ0v) is 15.8. The first-order chi connectivity index (χ1) is 12.7. The van der Waals surface area contributed by atoms with Crippen molar-refractivity contribution >= 4 is 17.4 Å². The molecular formula is C19H25N3O3S. The molecule has 0 saturated carbocycles. The number of carbonyl (C=O) groups is 1. The number of nitrogens with zero attached hydrogens (tertiary/aromatic N) is 2. The molecule has 2 aromatic rings. The van der Waals surface area contributed by atoms with Crippen LogP contribution < -0.4 is 10.1 Å². The van der Waals surface area contributed by atoms with E-state index < -0.39 is 0 Å². The first-order valence-corrected chi connectivity index (χ1v) is 9.92. The quantitative estimate of drug-likeness (QED) is 0.803. The van der Waals surface area contributed by atoms with Crippen molar-refractivity contribution < 1.29 is 14.3 Å². The van der Waals surface area contributed by atoms with Crippen LogP contribution in [0.2, 0.25) is 0 Å². The third-order valence-electron chi connectivity index (χ3n) is 4.41. The van der Waals surface area contributed by atoms with Crippen LogP contribution in [0.5, 0.6) is 5.75 Å². The van der Waals surface area contributed by atoms with Crippen molar-refractivity contribution in [3.05, 3.63) is 46.4 Å². The average molecular weight is 375 g/mol. The summed E-state index contributed by atoms with van der Waals surface area (Å²) in [4.78, 5) is 17.7. The standard InChI is InChI=1S/C19H25N3O3S/c1-2-24-19(23)22-9-7-16(8-10-22)20-11-15-3-5-18(6-4-15)25-12-17-13-26-14-21-17/h3-6,13-14,16,20H,2,7-12H2,1H3. The first-order valence-electron chi connectivity index (χ1n) is 8.98. The zero-order valence-electron chi connectivity index (χ0n) is 15.0. The van der Waals surface area contributed by atoms with Crippen LogP contribution in [0, 0.1) is 0 Å². The minimum absolute atomic E-state index is 0.195. The molecule has 0 radical (unpaired) electrons. The second-order valence-electron chi connectivity index (χ2n) is 6.25. The smallest absolute Gasteiger partial charge is 0.409 e. The van der Waals surface area contributed by atoms with E-state index in [0.29, 0.717) is 19.3 Å². The summed E-state index contributed by atoms with van der Waals surface area (Å²) in [6, 6.07) is 8.58. The van der Waals surface area contributed by atoms with Crippen LogP contribution in [0.1, 0.15) is 31.0 Å². The number of hydrogen-bond donors (Lipinski definition) is 1. The SMILES string of the molecule is CCOC(=O)N1CCC(NCc2ccc(OCc3cscn3)cc2)CC1. The lowest BCUT2D eigenvalue weighted by atomic mass is 10.0. The van der Waals surface area contributed by atoms with Crippen LogP contribution in [0.4, 0.5) is 4.79 Å². The highest BCUT2D eigenvalue weighted by Gasteiger charge is 2.23. The van der Waals surface area contributed by atoms with Crippen molar-refractivity contribution in [2.75, 3.05) is 19.7 Å². The van der Waals surface area contributed by atoms with Crippen LogP contribution in [0.3, 0.4) is 0 Å². The van der Waals surface area contributed by atoms with Gasteiger partial charge in [-0.1, -0.05) is 12.1 Å². The summed E-state index contributed by atoms with van der Waals surface area (Å²) in [5.74, 6) is 0.851. The third kappa shape index (κ3) is 5.44.